The van der Waals surface area contributed by atoms with Gasteiger partial charge in [-0.1, -0.05) is 23.8 Å². The summed E-state index contributed by atoms with van der Waals surface area (Å²) < 4.78 is 0. The predicted octanol–water partition coefficient (Wildman–Crippen LogP) is 2.60. The van der Waals surface area contributed by atoms with E-state index in [0.29, 0.717) is 0 Å². The zero-order valence-corrected chi connectivity index (χ0v) is 13.1. The zero-order chi connectivity index (χ0) is 14.7. The van der Waals surface area contributed by atoms with E-state index in [1.807, 2.05) is 14.1 Å². The van der Waals surface area contributed by atoms with E-state index in [1.54, 1.807) is 4.90 Å². The highest BCUT2D eigenvalue weighted by Crippen LogP contribution is 2.21. The van der Waals surface area contributed by atoms with Crippen LogP contribution in [0.1, 0.15) is 29.5 Å². The van der Waals surface area contributed by atoms with E-state index in [1.165, 1.54) is 16.7 Å². The van der Waals surface area contributed by atoms with Crippen molar-refractivity contribution in [2.24, 2.45) is 5.92 Å². The largest absolute Gasteiger partial charge is 0.349 e. The summed E-state index contributed by atoms with van der Waals surface area (Å²) in [6, 6.07) is 6.65. The zero-order valence-electron chi connectivity index (χ0n) is 13.1. The third kappa shape index (κ3) is 3.60. The molecule has 0 unspecified atom stereocenters. The van der Waals surface area contributed by atoms with Crippen molar-refractivity contribution in [3.05, 3.63) is 34.9 Å². The quantitative estimate of drug-likeness (QED) is 0.846. The summed E-state index contributed by atoms with van der Waals surface area (Å²) >= 11 is 0. The lowest BCUT2D eigenvalue weighted by Crippen LogP contribution is -2.39. The fraction of sp³-hybridized carbons (Fsp3) is 0.588. The number of carbonyl (C=O) groups excluding carboxylic acids is 1. The second-order valence-corrected chi connectivity index (χ2v) is 6.21. The van der Waals surface area contributed by atoms with Gasteiger partial charge in [-0.2, -0.15) is 0 Å². The fourth-order valence-electron chi connectivity index (χ4n) is 2.91. The molecule has 1 fully saturated rings. The maximum atomic E-state index is 12.0. The Labute approximate surface area is 122 Å². The van der Waals surface area contributed by atoms with E-state index >= 15 is 0 Å². The fourth-order valence-corrected chi connectivity index (χ4v) is 2.91. The normalized spacial score (nSPS) is 17.2. The van der Waals surface area contributed by atoms with Crippen molar-refractivity contribution in [1.29, 1.82) is 0 Å². The number of nitrogens with zero attached hydrogens (tertiary/aromatic N) is 2. The third-order valence-electron chi connectivity index (χ3n) is 4.28. The smallest absolute Gasteiger partial charge is 0.225 e. The van der Waals surface area contributed by atoms with E-state index < -0.39 is 0 Å². The van der Waals surface area contributed by atoms with Crippen LogP contribution in [0.25, 0.3) is 0 Å². The number of hydrogen-bond acceptors (Lipinski definition) is 2. The molecule has 0 aliphatic carbocycles. The molecule has 0 N–H and O–H groups in total. The first-order valence-electron chi connectivity index (χ1n) is 7.47. The van der Waals surface area contributed by atoms with Crippen LogP contribution in [0.2, 0.25) is 0 Å². The molecule has 1 aliphatic heterocycles. The molecule has 3 nitrogen and oxygen atoms in total. The van der Waals surface area contributed by atoms with Crippen LogP contribution in [0, 0.1) is 19.8 Å². The molecule has 1 aromatic carbocycles. The Morgan fingerprint density at radius 3 is 2.50 bits per heavy atom. The minimum atomic E-state index is 0.222. The SMILES string of the molecule is Cc1ccc(C)c(CN2CCC(C(=O)N(C)C)CC2)c1. The Hall–Kier alpha value is -1.35. The molecule has 0 aromatic heterocycles. The molecule has 1 saturated heterocycles. The summed E-state index contributed by atoms with van der Waals surface area (Å²) in [5.74, 6) is 0.510. The number of piperidine rings is 1. The van der Waals surface area contributed by atoms with Gasteiger partial charge in [-0.15, -0.1) is 0 Å². The van der Waals surface area contributed by atoms with Gasteiger partial charge in [0.2, 0.25) is 5.91 Å². The maximum absolute atomic E-state index is 12.0. The van der Waals surface area contributed by atoms with E-state index in [4.69, 9.17) is 0 Å². The molecule has 0 atom stereocenters. The lowest BCUT2D eigenvalue weighted by Gasteiger charge is -2.32. The van der Waals surface area contributed by atoms with E-state index in [0.717, 1.165) is 32.5 Å². The van der Waals surface area contributed by atoms with Crippen molar-refractivity contribution in [1.82, 2.24) is 9.80 Å². The van der Waals surface area contributed by atoms with Crippen LogP contribution in [0.3, 0.4) is 0 Å². The molecule has 0 saturated carbocycles. The highest BCUT2D eigenvalue weighted by molar-refractivity contribution is 5.78. The van der Waals surface area contributed by atoms with E-state index in [2.05, 4.69) is 36.9 Å². The van der Waals surface area contributed by atoms with Crippen molar-refractivity contribution < 1.29 is 4.79 Å². The first-order valence-corrected chi connectivity index (χ1v) is 7.47. The van der Waals surface area contributed by atoms with Crippen molar-refractivity contribution in [3.8, 4) is 0 Å². The number of carbonyl (C=O) groups is 1. The van der Waals surface area contributed by atoms with Crippen molar-refractivity contribution in [2.45, 2.75) is 33.2 Å². The molecule has 2 rings (SSSR count). The molecule has 3 heteroatoms. The molecule has 0 spiro atoms. The van der Waals surface area contributed by atoms with Crippen molar-refractivity contribution >= 4 is 5.91 Å². The van der Waals surface area contributed by atoms with Crippen LogP contribution in [0.15, 0.2) is 18.2 Å². The van der Waals surface area contributed by atoms with Gasteiger partial charge in [0.25, 0.3) is 0 Å². The Kier molecular flexibility index (Phi) is 4.81. The molecule has 0 bridgehead atoms. The van der Waals surface area contributed by atoms with Crippen LogP contribution in [0.5, 0.6) is 0 Å². The highest BCUT2D eigenvalue weighted by Gasteiger charge is 2.26. The number of rotatable bonds is 3. The van der Waals surface area contributed by atoms with Gasteiger partial charge in [0.15, 0.2) is 0 Å². The van der Waals surface area contributed by atoms with Gasteiger partial charge in [0.1, 0.15) is 0 Å². The summed E-state index contributed by atoms with van der Waals surface area (Å²) in [7, 11) is 3.70. The van der Waals surface area contributed by atoms with Gasteiger partial charge in [-0.3, -0.25) is 9.69 Å². The van der Waals surface area contributed by atoms with Gasteiger partial charge >= 0.3 is 0 Å². The molecule has 20 heavy (non-hydrogen) atoms. The highest BCUT2D eigenvalue weighted by atomic mass is 16.2. The molecule has 0 radical (unpaired) electrons. The molecular weight excluding hydrogens is 248 g/mol. The lowest BCUT2D eigenvalue weighted by atomic mass is 9.94. The minimum Gasteiger partial charge on any atom is -0.349 e. The van der Waals surface area contributed by atoms with Gasteiger partial charge < -0.3 is 4.90 Å². The molecule has 1 heterocycles. The first-order chi connectivity index (χ1) is 9.47. The third-order valence-corrected chi connectivity index (χ3v) is 4.28. The van der Waals surface area contributed by atoms with Crippen LogP contribution in [-0.4, -0.2) is 42.9 Å². The molecule has 1 amide bonds. The van der Waals surface area contributed by atoms with Crippen LogP contribution in [-0.2, 0) is 11.3 Å². The second kappa shape index (κ2) is 6.40. The van der Waals surface area contributed by atoms with Crippen LogP contribution in [0.4, 0.5) is 0 Å². The molecular formula is C17H26N2O. The van der Waals surface area contributed by atoms with Crippen LogP contribution < -0.4 is 0 Å². The monoisotopic (exact) mass is 274 g/mol. The average molecular weight is 274 g/mol. The summed E-state index contributed by atoms with van der Waals surface area (Å²) in [6.07, 6.45) is 1.98. The first kappa shape index (κ1) is 15.0. The summed E-state index contributed by atoms with van der Waals surface area (Å²) in [5.41, 5.74) is 4.10. The minimum absolute atomic E-state index is 0.222. The number of amides is 1. The number of hydrogen-bond donors (Lipinski definition) is 0. The number of aryl methyl sites for hydroxylation is 2. The Balaban J connectivity index is 1.91. The second-order valence-electron chi connectivity index (χ2n) is 6.21. The van der Waals surface area contributed by atoms with Gasteiger partial charge in [0.05, 0.1) is 0 Å². The standard InChI is InChI=1S/C17H26N2O/c1-13-5-6-14(2)16(11-13)12-19-9-7-15(8-10-19)17(20)18(3)4/h5-6,11,15H,7-10,12H2,1-4H3. The predicted molar refractivity (Wildman–Crippen MR) is 82.6 cm³/mol. The summed E-state index contributed by atoms with van der Waals surface area (Å²) in [4.78, 5) is 16.2. The Bertz CT molecular complexity index is 474. The number of likely N-dealkylation sites (tertiary alicyclic amines) is 1. The van der Waals surface area contributed by atoms with Crippen molar-refractivity contribution in [2.75, 3.05) is 27.2 Å². The van der Waals surface area contributed by atoms with E-state index in [9.17, 15) is 4.79 Å². The average Bonchev–Trinajstić information content (AvgIpc) is 2.43. The topological polar surface area (TPSA) is 23.6 Å². The van der Waals surface area contributed by atoms with E-state index in [-0.39, 0.29) is 11.8 Å². The van der Waals surface area contributed by atoms with Gasteiger partial charge in [-0.05, 0) is 50.9 Å². The lowest BCUT2D eigenvalue weighted by molar-refractivity contribution is -0.134. The number of benzene rings is 1. The molecule has 1 aliphatic rings. The van der Waals surface area contributed by atoms with Crippen molar-refractivity contribution in [3.63, 3.8) is 0 Å². The Morgan fingerprint density at radius 2 is 1.90 bits per heavy atom. The molecule has 1 aromatic rings. The summed E-state index contributed by atoms with van der Waals surface area (Å²) in [6.45, 7) is 7.38. The summed E-state index contributed by atoms with van der Waals surface area (Å²) in [5, 5.41) is 0. The maximum Gasteiger partial charge on any atom is 0.225 e. The van der Waals surface area contributed by atoms with Gasteiger partial charge in [0, 0.05) is 26.6 Å². The van der Waals surface area contributed by atoms with Gasteiger partial charge in [-0.25, -0.2) is 0 Å². The Morgan fingerprint density at radius 1 is 1.25 bits per heavy atom. The molecule has 110 valence electrons. The van der Waals surface area contributed by atoms with Crippen LogP contribution >= 0.6 is 0 Å².